The van der Waals surface area contributed by atoms with Crippen molar-refractivity contribution in [2.75, 3.05) is 31.6 Å². The SMILES string of the molecule is CC(C)CNCc1c(Cl)cccc1N(C)CCCCCO. The van der Waals surface area contributed by atoms with Crippen LogP contribution in [0.5, 0.6) is 0 Å². The van der Waals surface area contributed by atoms with Gasteiger partial charge in [-0.25, -0.2) is 0 Å². The lowest BCUT2D eigenvalue weighted by Gasteiger charge is -2.23. The molecule has 0 aliphatic carbocycles. The molecule has 120 valence electrons. The van der Waals surface area contributed by atoms with E-state index in [-0.39, 0.29) is 6.61 Å². The highest BCUT2D eigenvalue weighted by Gasteiger charge is 2.10. The summed E-state index contributed by atoms with van der Waals surface area (Å²) in [4.78, 5) is 2.26. The first kappa shape index (κ1) is 18.3. The number of rotatable bonds is 10. The zero-order chi connectivity index (χ0) is 15.7. The maximum Gasteiger partial charge on any atom is 0.0471 e. The first-order chi connectivity index (χ1) is 10.1. The summed E-state index contributed by atoms with van der Waals surface area (Å²) in [5.74, 6) is 0.632. The number of benzene rings is 1. The van der Waals surface area contributed by atoms with Crippen molar-refractivity contribution in [3.8, 4) is 0 Å². The number of aliphatic hydroxyl groups is 1. The largest absolute Gasteiger partial charge is 0.396 e. The monoisotopic (exact) mass is 312 g/mol. The van der Waals surface area contributed by atoms with Crippen molar-refractivity contribution < 1.29 is 5.11 Å². The van der Waals surface area contributed by atoms with Gasteiger partial charge >= 0.3 is 0 Å². The molecule has 0 aliphatic rings. The van der Waals surface area contributed by atoms with E-state index in [2.05, 4.69) is 37.2 Å². The summed E-state index contributed by atoms with van der Waals surface area (Å²) in [5.41, 5.74) is 2.37. The van der Waals surface area contributed by atoms with Gasteiger partial charge in [-0.3, -0.25) is 0 Å². The minimum Gasteiger partial charge on any atom is -0.396 e. The van der Waals surface area contributed by atoms with Crippen LogP contribution in [0.25, 0.3) is 0 Å². The average Bonchev–Trinajstić information content (AvgIpc) is 2.44. The molecule has 0 amide bonds. The van der Waals surface area contributed by atoms with E-state index in [1.165, 1.54) is 11.3 Å². The number of nitrogens with zero attached hydrogens (tertiary/aromatic N) is 1. The maximum atomic E-state index is 8.83. The summed E-state index contributed by atoms with van der Waals surface area (Å²) < 4.78 is 0. The van der Waals surface area contributed by atoms with E-state index < -0.39 is 0 Å². The molecule has 0 saturated heterocycles. The van der Waals surface area contributed by atoms with E-state index in [4.69, 9.17) is 16.7 Å². The highest BCUT2D eigenvalue weighted by atomic mass is 35.5. The van der Waals surface area contributed by atoms with Crippen LogP contribution in [0.15, 0.2) is 18.2 Å². The van der Waals surface area contributed by atoms with Gasteiger partial charge in [0, 0.05) is 43.0 Å². The smallest absolute Gasteiger partial charge is 0.0471 e. The van der Waals surface area contributed by atoms with Gasteiger partial charge in [-0.2, -0.15) is 0 Å². The van der Waals surface area contributed by atoms with Crippen LogP contribution in [0.4, 0.5) is 5.69 Å². The standard InChI is InChI=1S/C17H29ClN2O/c1-14(2)12-19-13-15-16(18)8-7-9-17(15)20(3)10-5-4-6-11-21/h7-9,14,19,21H,4-6,10-13H2,1-3H3. The Morgan fingerprint density at radius 3 is 2.67 bits per heavy atom. The number of unbranched alkanes of at least 4 members (excludes halogenated alkanes) is 2. The second kappa shape index (κ2) is 10.0. The maximum absolute atomic E-state index is 8.83. The summed E-state index contributed by atoms with van der Waals surface area (Å²) in [6.45, 7) is 7.46. The van der Waals surface area contributed by atoms with Crippen molar-refractivity contribution in [1.29, 1.82) is 0 Å². The van der Waals surface area contributed by atoms with Crippen molar-refractivity contribution in [2.24, 2.45) is 5.92 Å². The molecule has 0 heterocycles. The Morgan fingerprint density at radius 2 is 2.00 bits per heavy atom. The Kier molecular flexibility index (Phi) is 8.74. The molecule has 0 saturated carbocycles. The van der Waals surface area contributed by atoms with Gasteiger partial charge in [0.2, 0.25) is 0 Å². The summed E-state index contributed by atoms with van der Waals surface area (Å²) in [6.07, 6.45) is 3.02. The van der Waals surface area contributed by atoms with Crippen LogP contribution in [0, 0.1) is 5.92 Å². The Bertz CT molecular complexity index is 410. The molecule has 0 aromatic heterocycles. The quantitative estimate of drug-likeness (QED) is 0.647. The fraction of sp³-hybridized carbons (Fsp3) is 0.647. The highest BCUT2D eigenvalue weighted by molar-refractivity contribution is 6.31. The number of hydrogen-bond donors (Lipinski definition) is 2. The van der Waals surface area contributed by atoms with Crippen LogP contribution in [0.2, 0.25) is 5.02 Å². The fourth-order valence-electron chi connectivity index (χ4n) is 2.32. The Balaban J connectivity index is 2.64. The van der Waals surface area contributed by atoms with Gasteiger partial charge in [-0.15, -0.1) is 0 Å². The zero-order valence-corrected chi connectivity index (χ0v) is 14.3. The molecule has 0 bridgehead atoms. The van der Waals surface area contributed by atoms with Crippen molar-refractivity contribution in [1.82, 2.24) is 5.32 Å². The van der Waals surface area contributed by atoms with Crippen molar-refractivity contribution >= 4 is 17.3 Å². The topological polar surface area (TPSA) is 35.5 Å². The summed E-state index contributed by atoms with van der Waals surface area (Å²) in [6, 6.07) is 6.09. The minimum atomic E-state index is 0.283. The zero-order valence-electron chi connectivity index (χ0n) is 13.5. The van der Waals surface area contributed by atoms with Crippen molar-refractivity contribution in [3.05, 3.63) is 28.8 Å². The first-order valence-electron chi connectivity index (χ1n) is 7.86. The van der Waals surface area contributed by atoms with Crippen molar-refractivity contribution in [3.63, 3.8) is 0 Å². The third kappa shape index (κ3) is 6.68. The predicted molar refractivity (Wildman–Crippen MR) is 92.2 cm³/mol. The van der Waals surface area contributed by atoms with Gasteiger partial charge in [0.05, 0.1) is 0 Å². The van der Waals surface area contributed by atoms with Crippen LogP contribution in [-0.4, -0.2) is 31.9 Å². The van der Waals surface area contributed by atoms with E-state index in [0.29, 0.717) is 5.92 Å². The lowest BCUT2D eigenvalue weighted by molar-refractivity contribution is 0.283. The first-order valence-corrected chi connectivity index (χ1v) is 8.24. The number of hydrogen-bond acceptors (Lipinski definition) is 3. The number of anilines is 1. The normalized spacial score (nSPS) is 11.1. The fourth-order valence-corrected chi connectivity index (χ4v) is 2.56. The van der Waals surface area contributed by atoms with Crippen LogP contribution < -0.4 is 10.2 Å². The number of nitrogens with one attached hydrogen (secondary N) is 1. The van der Waals surface area contributed by atoms with Gasteiger partial charge in [0.25, 0.3) is 0 Å². The van der Waals surface area contributed by atoms with Gasteiger partial charge in [-0.05, 0) is 43.9 Å². The van der Waals surface area contributed by atoms with Gasteiger partial charge in [0.15, 0.2) is 0 Å². The molecule has 3 nitrogen and oxygen atoms in total. The van der Waals surface area contributed by atoms with E-state index >= 15 is 0 Å². The van der Waals surface area contributed by atoms with Gasteiger partial charge in [0.1, 0.15) is 0 Å². The van der Waals surface area contributed by atoms with E-state index in [0.717, 1.165) is 43.9 Å². The van der Waals surface area contributed by atoms with Gasteiger partial charge < -0.3 is 15.3 Å². The molecule has 0 atom stereocenters. The van der Waals surface area contributed by atoms with Crippen molar-refractivity contribution in [2.45, 2.75) is 39.7 Å². The second-order valence-electron chi connectivity index (χ2n) is 5.97. The summed E-state index contributed by atoms with van der Waals surface area (Å²) in [7, 11) is 2.11. The molecule has 21 heavy (non-hydrogen) atoms. The lowest BCUT2D eigenvalue weighted by Crippen LogP contribution is -2.24. The third-order valence-corrected chi connectivity index (χ3v) is 3.87. The highest BCUT2D eigenvalue weighted by Crippen LogP contribution is 2.27. The van der Waals surface area contributed by atoms with Crippen LogP contribution in [0.1, 0.15) is 38.7 Å². The second-order valence-corrected chi connectivity index (χ2v) is 6.38. The molecule has 2 N–H and O–H groups in total. The summed E-state index contributed by atoms with van der Waals surface area (Å²) in [5, 5.41) is 13.1. The molecule has 1 rings (SSSR count). The lowest BCUT2D eigenvalue weighted by atomic mass is 10.1. The Hall–Kier alpha value is -0.770. The van der Waals surface area contributed by atoms with Crippen LogP contribution >= 0.6 is 11.6 Å². The molecule has 0 unspecified atom stereocenters. The molecule has 0 aliphatic heterocycles. The molecule has 0 fully saturated rings. The van der Waals surface area contributed by atoms with E-state index in [1.54, 1.807) is 0 Å². The average molecular weight is 313 g/mol. The molecule has 4 heteroatoms. The molecular formula is C17H29ClN2O. The predicted octanol–water partition coefficient (Wildman–Crippen LogP) is 3.68. The number of aliphatic hydroxyl groups excluding tert-OH is 1. The molecule has 1 aromatic rings. The molecular weight excluding hydrogens is 284 g/mol. The molecule has 0 spiro atoms. The Labute approximate surface area is 134 Å². The Morgan fingerprint density at radius 1 is 1.24 bits per heavy atom. The van der Waals surface area contributed by atoms with Gasteiger partial charge in [-0.1, -0.05) is 31.5 Å². The third-order valence-electron chi connectivity index (χ3n) is 3.51. The number of halogens is 1. The van der Waals surface area contributed by atoms with E-state index in [1.807, 2.05) is 12.1 Å². The minimum absolute atomic E-state index is 0.283. The molecule has 0 radical (unpaired) electrons. The summed E-state index contributed by atoms with van der Waals surface area (Å²) >= 11 is 6.37. The molecule has 1 aromatic carbocycles. The van der Waals surface area contributed by atoms with E-state index in [9.17, 15) is 0 Å². The van der Waals surface area contributed by atoms with Crippen LogP contribution in [-0.2, 0) is 6.54 Å². The van der Waals surface area contributed by atoms with Crippen LogP contribution in [0.3, 0.4) is 0 Å².